The fourth-order valence-corrected chi connectivity index (χ4v) is 2.45. The maximum absolute atomic E-state index is 12.0. The molecule has 1 fully saturated rings. The minimum atomic E-state index is -0.275. The summed E-state index contributed by atoms with van der Waals surface area (Å²) in [5.41, 5.74) is 1.98. The van der Waals surface area contributed by atoms with Crippen LogP contribution in [0.15, 0.2) is 28.7 Å². The van der Waals surface area contributed by atoms with Gasteiger partial charge in [0.15, 0.2) is 0 Å². The molecule has 1 aliphatic carbocycles. The SMILES string of the molecule is Cc1ccc(-c2nnc(C(=O)NC3CCCC3)o2)cc1. The van der Waals surface area contributed by atoms with E-state index in [1.54, 1.807) is 0 Å². The zero-order valence-electron chi connectivity index (χ0n) is 11.4. The minimum Gasteiger partial charge on any atom is -0.412 e. The molecule has 1 aliphatic rings. The first kappa shape index (κ1) is 12.8. The van der Waals surface area contributed by atoms with Crippen molar-refractivity contribution in [2.75, 3.05) is 0 Å². The molecule has 0 radical (unpaired) electrons. The summed E-state index contributed by atoms with van der Waals surface area (Å²) in [7, 11) is 0. The molecule has 5 heteroatoms. The van der Waals surface area contributed by atoms with E-state index in [1.807, 2.05) is 31.2 Å². The third-order valence-corrected chi connectivity index (χ3v) is 3.61. The summed E-state index contributed by atoms with van der Waals surface area (Å²) in [6.07, 6.45) is 4.40. The second-order valence-electron chi connectivity index (χ2n) is 5.23. The smallest absolute Gasteiger partial charge is 0.309 e. The molecule has 20 heavy (non-hydrogen) atoms. The number of aryl methyl sites for hydroxylation is 1. The number of amides is 1. The Hall–Kier alpha value is -2.17. The molecule has 2 aromatic rings. The Kier molecular flexibility index (Phi) is 3.50. The second-order valence-corrected chi connectivity index (χ2v) is 5.23. The van der Waals surface area contributed by atoms with E-state index in [-0.39, 0.29) is 17.8 Å². The quantitative estimate of drug-likeness (QED) is 0.932. The molecule has 1 N–H and O–H groups in total. The Morgan fingerprint density at radius 3 is 2.60 bits per heavy atom. The van der Waals surface area contributed by atoms with E-state index in [0.29, 0.717) is 5.89 Å². The van der Waals surface area contributed by atoms with Crippen LogP contribution in [0, 0.1) is 6.92 Å². The fraction of sp³-hybridized carbons (Fsp3) is 0.400. The van der Waals surface area contributed by atoms with Gasteiger partial charge in [-0.1, -0.05) is 30.5 Å². The largest absolute Gasteiger partial charge is 0.412 e. The molecule has 0 unspecified atom stereocenters. The van der Waals surface area contributed by atoms with E-state index in [9.17, 15) is 4.79 Å². The Bertz CT molecular complexity index is 598. The van der Waals surface area contributed by atoms with Crippen LogP contribution in [0.5, 0.6) is 0 Å². The van der Waals surface area contributed by atoms with E-state index in [4.69, 9.17) is 4.42 Å². The molecular formula is C15H17N3O2. The highest BCUT2D eigenvalue weighted by Gasteiger charge is 2.21. The lowest BCUT2D eigenvalue weighted by atomic mass is 10.1. The molecule has 0 atom stereocenters. The van der Waals surface area contributed by atoms with Crippen molar-refractivity contribution >= 4 is 5.91 Å². The van der Waals surface area contributed by atoms with Crippen molar-refractivity contribution in [3.05, 3.63) is 35.7 Å². The fourth-order valence-electron chi connectivity index (χ4n) is 2.45. The number of carbonyl (C=O) groups is 1. The van der Waals surface area contributed by atoms with Gasteiger partial charge in [0.1, 0.15) is 0 Å². The van der Waals surface area contributed by atoms with Crippen LogP contribution in [-0.2, 0) is 0 Å². The van der Waals surface area contributed by atoms with Gasteiger partial charge >= 0.3 is 11.8 Å². The molecular weight excluding hydrogens is 254 g/mol. The Morgan fingerprint density at radius 2 is 1.90 bits per heavy atom. The number of nitrogens with zero attached hydrogens (tertiary/aromatic N) is 2. The number of aromatic nitrogens is 2. The van der Waals surface area contributed by atoms with E-state index in [1.165, 1.54) is 12.8 Å². The molecule has 0 aliphatic heterocycles. The van der Waals surface area contributed by atoms with Crippen LogP contribution in [-0.4, -0.2) is 22.1 Å². The highest BCUT2D eigenvalue weighted by Crippen LogP contribution is 2.20. The number of rotatable bonds is 3. The van der Waals surface area contributed by atoms with Crippen molar-refractivity contribution in [1.29, 1.82) is 0 Å². The standard InChI is InChI=1S/C15H17N3O2/c1-10-6-8-11(9-7-10)14-17-18-15(20-14)13(19)16-12-4-2-3-5-12/h6-9,12H,2-5H2,1H3,(H,16,19). The van der Waals surface area contributed by atoms with Gasteiger partial charge in [0.2, 0.25) is 5.89 Å². The molecule has 1 amide bonds. The molecule has 1 aromatic carbocycles. The molecule has 1 aromatic heterocycles. The molecule has 0 bridgehead atoms. The topological polar surface area (TPSA) is 68.0 Å². The van der Waals surface area contributed by atoms with Crippen LogP contribution in [0.3, 0.4) is 0 Å². The van der Waals surface area contributed by atoms with Crippen LogP contribution >= 0.6 is 0 Å². The van der Waals surface area contributed by atoms with E-state index in [0.717, 1.165) is 24.0 Å². The summed E-state index contributed by atoms with van der Waals surface area (Å²) < 4.78 is 5.45. The Morgan fingerprint density at radius 1 is 1.20 bits per heavy atom. The van der Waals surface area contributed by atoms with Gasteiger partial charge in [-0.25, -0.2) is 0 Å². The number of hydrogen-bond acceptors (Lipinski definition) is 4. The molecule has 1 heterocycles. The number of hydrogen-bond donors (Lipinski definition) is 1. The first-order valence-electron chi connectivity index (χ1n) is 6.94. The lowest BCUT2D eigenvalue weighted by Crippen LogP contribution is -2.32. The first-order chi connectivity index (χ1) is 9.72. The maximum Gasteiger partial charge on any atom is 0.309 e. The summed E-state index contributed by atoms with van der Waals surface area (Å²) in [6.45, 7) is 2.01. The number of carbonyl (C=O) groups excluding carboxylic acids is 1. The van der Waals surface area contributed by atoms with Crippen LogP contribution in [0.2, 0.25) is 0 Å². The number of nitrogens with one attached hydrogen (secondary N) is 1. The highest BCUT2D eigenvalue weighted by atomic mass is 16.4. The van der Waals surface area contributed by atoms with Crippen molar-refractivity contribution in [3.63, 3.8) is 0 Å². The van der Waals surface area contributed by atoms with Gasteiger partial charge in [0, 0.05) is 11.6 Å². The predicted octanol–water partition coefficient (Wildman–Crippen LogP) is 2.72. The van der Waals surface area contributed by atoms with Gasteiger partial charge in [0.05, 0.1) is 0 Å². The minimum absolute atomic E-state index is 0.0347. The predicted molar refractivity (Wildman–Crippen MR) is 74.2 cm³/mol. The molecule has 0 saturated heterocycles. The van der Waals surface area contributed by atoms with Crippen LogP contribution < -0.4 is 5.32 Å². The summed E-state index contributed by atoms with van der Waals surface area (Å²) in [4.78, 5) is 12.0. The third kappa shape index (κ3) is 2.71. The van der Waals surface area contributed by atoms with Crippen LogP contribution in [0.1, 0.15) is 41.9 Å². The second kappa shape index (κ2) is 5.45. The summed E-state index contributed by atoms with van der Waals surface area (Å²) in [6, 6.07) is 8.00. The summed E-state index contributed by atoms with van der Waals surface area (Å²) >= 11 is 0. The van der Waals surface area contributed by atoms with Crippen molar-refractivity contribution < 1.29 is 9.21 Å². The van der Waals surface area contributed by atoms with Crippen LogP contribution in [0.25, 0.3) is 11.5 Å². The third-order valence-electron chi connectivity index (χ3n) is 3.61. The molecule has 104 valence electrons. The van der Waals surface area contributed by atoms with Gasteiger partial charge in [-0.05, 0) is 31.9 Å². The zero-order chi connectivity index (χ0) is 13.9. The number of benzene rings is 1. The molecule has 3 rings (SSSR count). The summed E-state index contributed by atoms with van der Waals surface area (Å²) in [5.74, 6) is 0.136. The Labute approximate surface area is 117 Å². The van der Waals surface area contributed by atoms with Gasteiger partial charge in [-0.15, -0.1) is 10.2 Å². The highest BCUT2D eigenvalue weighted by molar-refractivity contribution is 5.89. The normalized spacial score (nSPS) is 15.4. The average molecular weight is 271 g/mol. The van der Waals surface area contributed by atoms with Gasteiger partial charge in [-0.2, -0.15) is 0 Å². The van der Waals surface area contributed by atoms with Crippen molar-refractivity contribution in [3.8, 4) is 11.5 Å². The first-order valence-corrected chi connectivity index (χ1v) is 6.94. The van der Waals surface area contributed by atoms with Gasteiger partial charge in [0.25, 0.3) is 0 Å². The molecule has 0 spiro atoms. The molecule has 5 nitrogen and oxygen atoms in total. The lowest BCUT2D eigenvalue weighted by molar-refractivity contribution is 0.0903. The average Bonchev–Trinajstić information content (AvgIpc) is 3.10. The van der Waals surface area contributed by atoms with E-state index >= 15 is 0 Å². The zero-order valence-corrected chi connectivity index (χ0v) is 11.4. The maximum atomic E-state index is 12.0. The van der Waals surface area contributed by atoms with E-state index in [2.05, 4.69) is 15.5 Å². The van der Waals surface area contributed by atoms with Crippen molar-refractivity contribution in [2.24, 2.45) is 0 Å². The lowest BCUT2D eigenvalue weighted by Gasteiger charge is -2.08. The summed E-state index contributed by atoms with van der Waals surface area (Å²) in [5, 5.41) is 10.7. The van der Waals surface area contributed by atoms with Crippen LogP contribution in [0.4, 0.5) is 0 Å². The van der Waals surface area contributed by atoms with Crippen molar-refractivity contribution in [2.45, 2.75) is 38.6 Å². The van der Waals surface area contributed by atoms with Gasteiger partial charge in [-0.3, -0.25) is 4.79 Å². The Balaban J connectivity index is 1.72. The monoisotopic (exact) mass is 271 g/mol. The van der Waals surface area contributed by atoms with E-state index < -0.39 is 0 Å². The van der Waals surface area contributed by atoms with Crippen molar-refractivity contribution in [1.82, 2.24) is 15.5 Å². The molecule has 1 saturated carbocycles. The van der Waals surface area contributed by atoms with Gasteiger partial charge < -0.3 is 9.73 Å².